The van der Waals surface area contributed by atoms with Gasteiger partial charge in [-0.3, -0.25) is 0 Å². The molecule has 0 aliphatic carbocycles. The van der Waals surface area contributed by atoms with Gasteiger partial charge in [-0.25, -0.2) is 8.78 Å². The maximum absolute atomic E-state index is 13.8. The van der Waals surface area contributed by atoms with Gasteiger partial charge in [0.2, 0.25) is 0 Å². The lowest BCUT2D eigenvalue weighted by Crippen LogP contribution is -2.50. The summed E-state index contributed by atoms with van der Waals surface area (Å²) in [6, 6.07) is 3.77. The zero-order chi connectivity index (χ0) is 21.6. The molecule has 5 nitrogen and oxygen atoms in total. The van der Waals surface area contributed by atoms with E-state index in [2.05, 4.69) is 22.4 Å². The number of piperidine rings is 1. The maximum atomic E-state index is 13.8. The third kappa shape index (κ3) is 3.80. The van der Waals surface area contributed by atoms with Crippen molar-refractivity contribution in [2.45, 2.75) is 44.5 Å². The SMILES string of the molecule is CC1CN[C@@H]2CCN(c3cc(C(F)F)c(-c4ccc(C(F)(F)F)cc4O)nn3)[C@H]2C1. The zero-order valence-electron chi connectivity index (χ0n) is 16.1. The summed E-state index contributed by atoms with van der Waals surface area (Å²) in [6.07, 6.45) is -5.82. The first-order valence-electron chi connectivity index (χ1n) is 9.71. The van der Waals surface area contributed by atoms with Gasteiger partial charge in [0.25, 0.3) is 6.43 Å². The highest BCUT2D eigenvalue weighted by molar-refractivity contribution is 5.71. The molecule has 0 saturated carbocycles. The number of nitrogens with zero attached hydrogens (tertiary/aromatic N) is 3. The van der Waals surface area contributed by atoms with Crippen LogP contribution in [-0.4, -0.2) is 40.5 Å². The standard InChI is InChI=1S/C20H21F5N4O/c1-10-6-15-14(26-9-10)4-5-29(15)17-8-13(19(21)22)18(28-27-17)12-3-2-11(7-16(12)30)20(23,24)25/h2-3,7-8,10,14-15,19,26,30H,4-6,9H2,1H3/t10?,14-,15+/m1/s1. The minimum absolute atomic E-state index is 0.124. The molecular formula is C20H21F5N4O. The Kier molecular flexibility index (Phi) is 5.29. The Morgan fingerprint density at radius 3 is 2.63 bits per heavy atom. The first-order chi connectivity index (χ1) is 14.1. The third-order valence-electron chi connectivity index (χ3n) is 5.84. The number of hydrogen-bond donors (Lipinski definition) is 2. The second-order valence-electron chi connectivity index (χ2n) is 7.94. The van der Waals surface area contributed by atoms with Gasteiger partial charge in [-0.15, -0.1) is 10.2 Å². The molecule has 2 aliphatic rings. The van der Waals surface area contributed by atoms with Crippen molar-refractivity contribution in [3.05, 3.63) is 35.4 Å². The minimum Gasteiger partial charge on any atom is -0.507 e. The van der Waals surface area contributed by atoms with Crippen LogP contribution in [0.1, 0.15) is 37.3 Å². The van der Waals surface area contributed by atoms with Gasteiger partial charge in [0.1, 0.15) is 11.4 Å². The lowest BCUT2D eigenvalue weighted by Gasteiger charge is -2.36. The van der Waals surface area contributed by atoms with Gasteiger partial charge in [0.15, 0.2) is 5.82 Å². The molecule has 3 atom stereocenters. The number of anilines is 1. The number of fused-ring (bicyclic) bond motifs is 1. The summed E-state index contributed by atoms with van der Waals surface area (Å²) in [6.45, 7) is 3.68. The fraction of sp³-hybridized carbons (Fsp3) is 0.500. The molecule has 10 heteroatoms. The van der Waals surface area contributed by atoms with Crippen LogP contribution in [0.15, 0.2) is 24.3 Å². The highest BCUT2D eigenvalue weighted by Gasteiger charge is 2.39. The molecule has 2 fully saturated rings. The molecule has 162 valence electrons. The molecule has 2 saturated heterocycles. The highest BCUT2D eigenvalue weighted by atomic mass is 19.4. The first kappa shape index (κ1) is 20.8. The van der Waals surface area contributed by atoms with E-state index in [0.29, 0.717) is 24.3 Å². The smallest absolute Gasteiger partial charge is 0.416 e. The summed E-state index contributed by atoms with van der Waals surface area (Å²) in [7, 11) is 0. The Balaban J connectivity index is 1.70. The van der Waals surface area contributed by atoms with Crippen molar-refractivity contribution in [1.82, 2.24) is 15.5 Å². The molecule has 1 aromatic heterocycles. The predicted molar refractivity (Wildman–Crippen MR) is 100 cm³/mol. The highest BCUT2D eigenvalue weighted by Crippen LogP contribution is 2.40. The van der Waals surface area contributed by atoms with E-state index in [4.69, 9.17) is 0 Å². The minimum atomic E-state index is -4.66. The molecule has 0 spiro atoms. The van der Waals surface area contributed by atoms with Gasteiger partial charge in [-0.2, -0.15) is 13.2 Å². The van der Waals surface area contributed by atoms with Crippen LogP contribution in [0, 0.1) is 5.92 Å². The lowest BCUT2D eigenvalue weighted by molar-refractivity contribution is -0.137. The Morgan fingerprint density at radius 2 is 1.97 bits per heavy atom. The van der Waals surface area contributed by atoms with E-state index in [9.17, 15) is 27.1 Å². The molecule has 30 heavy (non-hydrogen) atoms. The average Bonchev–Trinajstić information content (AvgIpc) is 3.09. The topological polar surface area (TPSA) is 61.3 Å². The Hall–Kier alpha value is -2.49. The normalized spacial score (nSPS) is 24.4. The molecule has 2 aliphatic heterocycles. The van der Waals surface area contributed by atoms with Crippen LogP contribution in [-0.2, 0) is 6.18 Å². The molecule has 1 aromatic carbocycles. The van der Waals surface area contributed by atoms with Crippen molar-refractivity contribution in [1.29, 1.82) is 0 Å². The molecule has 2 N–H and O–H groups in total. The largest absolute Gasteiger partial charge is 0.507 e. The molecule has 4 rings (SSSR count). The maximum Gasteiger partial charge on any atom is 0.416 e. The van der Waals surface area contributed by atoms with Crippen LogP contribution in [0.3, 0.4) is 0 Å². The summed E-state index contributed by atoms with van der Waals surface area (Å²) in [5, 5.41) is 21.5. The van der Waals surface area contributed by atoms with Crippen LogP contribution in [0.5, 0.6) is 5.75 Å². The van der Waals surface area contributed by atoms with Gasteiger partial charge >= 0.3 is 6.18 Å². The summed E-state index contributed by atoms with van der Waals surface area (Å²) < 4.78 is 66.1. The second-order valence-corrected chi connectivity index (χ2v) is 7.94. The average molecular weight is 428 g/mol. The number of phenols is 1. The van der Waals surface area contributed by atoms with E-state index in [1.807, 2.05) is 4.90 Å². The van der Waals surface area contributed by atoms with Crippen molar-refractivity contribution in [2.75, 3.05) is 18.0 Å². The van der Waals surface area contributed by atoms with E-state index < -0.39 is 29.5 Å². The molecule has 1 unspecified atom stereocenters. The van der Waals surface area contributed by atoms with Crippen LogP contribution >= 0.6 is 0 Å². The van der Waals surface area contributed by atoms with Gasteiger partial charge in [0, 0.05) is 29.8 Å². The van der Waals surface area contributed by atoms with Crippen LogP contribution in [0.2, 0.25) is 0 Å². The van der Waals surface area contributed by atoms with Crippen LogP contribution < -0.4 is 10.2 Å². The zero-order valence-corrected chi connectivity index (χ0v) is 16.1. The monoisotopic (exact) mass is 428 g/mol. The summed E-state index contributed by atoms with van der Waals surface area (Å²) >= 11 is 0. The number of rotatable bonds is 3. The van der Waals surface area contributed by atoms with Crippen molar-refractivity contribution in [2.24, 2.45) is 5.92 Å². The predicted octanol–water partition coefficient (Wildman–Crippen LogP) is 4.38. The number of hydrogen-bond acceptors (Lipinski definition) is 5. The second kappa shape index (κ2) is 7.64. The molecular weight excluding hydrogens is 407 g/mol. The van der Waals surface area contributed by atoms with Crippen molar-refractivity contribution < 1.29 is 27.1 Å². The van der Waals surface area contributed by atoms with Crippen molar-refractivity contribution in [3.63, 3.8) is 0 Å². The summed E-state index contributed by atoms with van der Waals surface area (Å²) in [5.41, 5.74) is -2.10. The molecule has 2 aromatic rings. The van der Waals surface area contributed by atoms with Gasteiger partial charge in [0.05, 0.1) is 5.56 Å². The van der Waals surface area contributed by atoms with Crippen LogP contribution in [0.25, 0.3) is 11.3 Å². The lowest BCUT2D eigenvalue weighted by atomic mass is 9.92. The fourth-order valence-corrected chi connectivity index (χ4v) is 4.34. The molecule has 0 bridgehead atoms. The summed E-state index contributed by atoms with van der Waals surface area (Å²) in [5.74, 6) is -0.0260. The van der Waals surface area contributed by atoms with Crippen LogP contribution in [0.4, 0.5) is 27.8 Å². The first-order valence-corrected chi connectivity index (χ1v) is 9.71. The number of aromatic nitrogens is 2. The molecule has 0 amide bonds. The summed E-state index contributed by atoms with van der Waals surface area (Å²) in [4.78, 5) is 1.96. The Morgan fingerprint density at radius 1 is 1.20 bits per heavy atom. The molecule has 3 heterocycles. The number of nitrogens with one attached hydrogen (secondary N) is 1. The van der Waals surface area contributed by atoms with Gasteiger partial charge < -0.3 is 15.3 Å². The van der Waals surface area contributed by atoms with Gasteiger partial charge in [-0.1, -0.05) is 6.92 Å². The van der Waals surface area contributed by atoms with E-state index in [0.717, 1.165) is 31.5 Å². The number of halogens is 5. The van der Waals surface area contributed by atoms with Crippen molar-refractivity contribution in [3.8, 4) is 17.0 Å². The van der Waals surface area contributed by atoms with Crippen molar-refractivity contribution >= 4 is 5.82 Å². The fourth-order valence-electron chi connectivity index (χ4n) is 4.34. The number of phenolic OH excluding ortho intramolecular Hbond substituents is 1. The quantitative estimate of drug-likeness (QED) is 0.711. The van der Waals surface area contributed by atoms with E-state index in [1.165, 1.54) is 6.07 Å². The number of benzene rings is 1. The third-order valence-corrected chi connectivity index (χ3v) is 5.84. The van der Waals surface area contributed by atoms with E-state index in [1.54, 1.807) is 0 Å². The van der Waals surface area contributed by atoms with E-state index >= 15 is 0 Å². The van der Waals surface area contributed by atoms with Gasteiger partial charge in [-0.05, 0) is 49.6 Å². The van der Waals surface area contributed by atoms with E-state index in [-0.39, 0.29) is 23.3 Å². The Bertz CT molecular complexity index is 936. The Labute approximate surface area is 169 Å². The number of aromatic hydroxyl groups is 1. The number of alkyl halides is 5. The molecule has 0 radical (unpaired) electrons.